The first-order valence-electron chi connectivity index (χ1n) is 5.89. The molecule has 0 bridgehead atoms. The number of aryl methyl sites for hydroxylation is 1. The number of hydrogen-bond acceptors (Lipinski definition) is 3. The summed E-state index contributed by atoms with van der Waals surface area (Å²) < 4.78 is 2.20. The Morgan fingerprint density at radius 1 is 1.35 bits per heavy atom. The fourth-order valence-electron chi connectivity index (χ4n) is 2.25. The zero-order valence-electron chi connectivity index (χ0n) is 9.84. The lowest BCUT2D eigenvalue weighted by Gasteiger charge is -2.13. The quantitative estimate of drug-likeness (QED) is 0.815. The van der Waals surface area contributed by atoms with Gasteiger partial charge in [0.25, 0.3) is 0 Å². The molecule has 0 spiro atoms. The summed E-state index contributed by atoms with van der Waals surface area (Å²) in [5, 5.41) is 4.65. The zero-order valence-corrected chi connectivity index (χ0v) is 10.7. The summed E-state index contributed by atoms with van der Waals surface area (Å²) in [5.74, 6) is 2.43. The topological polar surface area (TPSA) is 30.7 Å². The third kappa shape index (κ3) is 2.09. The van der Waals surface area contributed by atoms with Gasteiger partial charge in [-0.05, 0) is 37.3 Å². The van der Waals surface area contributed by atoms with Crippen LogP contribution < -0.4 is 0 Å². The van der Waals surface area contributed by atoms with Gasteiger partial charge in [0.15, 0.2) is 0 Å². The summed E-state index contributed by atoms with van der Waals surface area (Å²) in [7, 11) is 0. The van der Waals surface area contributed by atoms with Crippen molar-refractivity contribution in [2.24, 2.45) is 0 Å². The average Bonchev–Trinajstić information content (AvgIpc) is 2.98. The normalized spacial score (nSPS) is 19.7. The molecule has 0 aliphatic carbocycles. The van der Waals surface area contributed by atoms with Crippen molar-refractivity contribution in [2.45, 2.75) is 19.4 Å². The summed E-state index contributed by atoms with van der Waals surface area (Å²) in [6.07, 6.45) is 4.90. The standard InChI is InChI=1S/C13H15N3S/c1-10-8-13(11-2-5-14-6-3-11)16(15-10)12-4-7-17-9-12/h2-3,5-6,8,12H,4,7,9H2,1H3. The molecular weight excluding hydrogens is 230 g/mol. The maximum Gasteiger partial charge on any atom is 0.0689 e. The van der Waals surface area contributed by atoms with Gasteiger partial charge in [0.05, 0.1) is 17.4 Å². The second-order valence-corrected chi connectivity index (χ2v) is 5.52. The van der Waals surface area contributed by atoms with E-state index in [2.05, 4.69) is 39.9 Å². The predicted molar refractivity (Wildman–Crippen MR) is 71.2 cm³/mol. The third-order valence-electron chi connectivity index (χ3n) is 3.09. The van der Waals surface area contributed by atoms with Crippen molar-refractivity contribution < 1.29 is 0 Å². The molecule has 88 valence electrons. The second-order valence-electron chi connectivity index (χ2n) is 4.37. The van der Waals surface area contributed by atoms with E-state index in [0.29, 0.717) is 6.04 Å². The minimum atomic E-state index is 0.553. The highest BCUT2D eigenvalue weighted by atomic mass is 32.2. The molecule has 3 nitrogen and oxygen atoms in total. The molecule has 0 radical (unpaired) electrons. The van der Waals surface area contributed by atoms with E-state index in [1.165, 1.54) is 29.2 Å². The van der Waals surface area contributed by atoms with Crippen LogP contribution in [0.2, 0.25) is 0 Å². The summed E-state index contributed by atoms with van der Waals surface area (Å²) in [6, 6.07) is 6.82. The van der Waals surface area contributed by atoms with Gasteiger partial charge in [-0.25, -0.2) is 0 Å². The van der Waals surface area contributed by atoms with Gasteiger partial charge in [-0.2, -0.15) is 16.9 Å². The minimum Gasteiger partial charge on any atom is -0.265 e. The molecule has 0 saturated carbocycles. The van der Waals surface area contributed by atoms with Gasteiger partial charge in [-0.15, -0.1) is 0 Å². The second kappa shape index (κ2) is 4.53. The molecule has 4 heteroatoms. The Morgan fingerprint density at radius 3 is 2.88 bits per heavy atom. The largest absolute Gasteiger partial charge is 0.265 e. The van der Waals surface area contributed by atoms with E-state index in [-0.39, 0.29) is 0 Å². The molecule has 1 aliphatic rings. The molecule has 2 aromatic heterocycles. The number of rotatable bonds is 2. The fraction of sp³-hybridized carbons (Fsp3) is 0.385. The van der Waals surface area contributed by atoms with Crippen LogP contribution >= 0.6 is 11.8 Å². The highest BCUT2D eigenvalue weighted by molar-refractivity contribution is 7.99. The molecule has 0 N–H and O–H groups in total. The van der Waals surface area contributed by atoms with Crippen LogP contribution in [0.25, 0.3) is 11.3 Å². The Hall–Kier alpha value is -1.29. The van der Waals surface area contributed by atoms with E-state index in [1.807, 2.05) is 24.2 Å². The lowest BCUT2D eigenvalue weighted by Crippen LogP contribution is -2.11. The Kier molecular flexibility index (Phi) is 2.89. The Bertz CT molecular complexity index is 501. The van der Waals surface area contributed by atoms with Crippen molar-refractivity contribution in [1.82, 2.24) is 14.8 Å². The van der Waals surface area contributed by atoms with Crippen LogP contribution in [0.4, 0.5) is 0 Å². The van der Waals surface area contributed by atoms with Crippen LogP contribution in [0, 0.1) is 6.92 Å². The molecule has 3 heterocycles. The molecular formula is C13H15N3S. The molecule has 2 aromatic rings. The van der Waals surface area contributed by atoms with Crippen LogP contribution in [0.3, 0.4) is 0 Å². The average molecular weight is 245 g/mol. The van der Waals surface area contributed by atoms with Crippen LogP contribution in [-0.2, 0) is 0 Å². The lowest BCUT2D eigenvalue weighted by atomic mass is 10.1. The minimum absolute atomic E-state index is 0.553. The number of pyridine rings is 1. The Balaban J connectivity index is 2.04. The molecule has 1 atom stereocenters. The molecule has 1 aliphatic heterocycles. The fourth-order valence-corrected chi connectivity index (χ4v) is 3.43. The van der Waals surface area contributed by atoms with Crippen LogP contribution in [-0.4, -0.2) is 26.3 Å². The Labute approximate surface area is 105 Å². The van der Waals surface area contributed by atoms with Crippen LogP contribution in [0.5, 0.6) is 0 Å². The summed E-state index contributed by atoms with van der Waals surface area (Å²) >= 11 is 2.02. The lowest BCUT2D eigenvalue weighted by molar-refractivity contribution is 0.504. The Morgan fingerprint density at radius 2 is 2.18 bits per heavy atom. The number of hydrogen-bond donors (Lipinski definition) is 0. The van der Waals surface area contributed by atoms with E-state index in [4.69, 9.17) is 0 Å². The zero-order chi connectivity index (χ0) is 11.7. The van der Waals surface area contributed by atoms with E-state index >= 15 is 0 Å². The van der Waals surface area contributed by atoms with Gasteiger partial charge in [0.1, 0.15) is 0 Å². The third-order valence-corrected chi connectivity index (χ3v) is 4.23. The van der Waals surface area contributed by atoms with Gasteiger partial charge < -0.3 is 0 Å². The SMILES string of the molecule is Cc1cc(-c2ccncc2)n(C2CCSC2)n1. The maximum atomic E-state index is 4.65. The highest BCUT2D eigenvalue weighted by Gasteiger charge is 2.21. The van der Waals surface area contributed by atoms with Crippen molar-refractivity contribution in [1.29, 1.82) is 0 Å². The molecule has 1 fully saturated rings. The molecule has 17 heavy (non-hydrogen) atoms. The van der Waals surface area contributed by atoms with Gasteiger partial charge >= 0.3 is 0 Å². The summed E-state index contributed by atoms with van der Waals surface area (Å²) in [5.41, 5.74) is 3.52. The monoisotopic (exact) mass is 245 g/mol. The van der Waals surface area contributed by atoms with E-state index < -0.39 is 0 Å². The molecule has 3 rings (SSSR count). The maximum absolute atomic E-state index is 4.65. The molecule has 0 amide bonds. The highest BCUT2D eigenvalue weighted by Crippen LogP contribution is 2.32. The van der Waals surface area contributed by atoms with E-state index in [1.54, 1.807) is 0 Å². The van der Waals surface area contributed by atoms with Crippen molar-refractivity contribution in [3.8, 4) is 11.3 Å². The first-order valence-corrected chi connectivity index (χ1v) is 7.04. The first kappa shape index (κ1) is 10.8. The predicted octanol–water partition coefficient (Wildman–Crippen LogP) is 2.93. The summed E-state index contributed by atoms with van der Waals surface area (Å²) in [4.78, 5) is 4.07. The first-order chi connectivity index (χ1) is 8.34. The summed E-state index contributed by atoms with van der Waals surface area (Å²) in [6.45, 7) is 2.06. The number of nitrogens with zero attached hydrogens (tertiary/aromatic N) is 3. The van der Waals surface area contributed by atoms with E-state index in [9.17, 15) is 0 Å². The van der Waals surface area contributed by atoms with Crippen LogP contribution in [0.1, 0.15) is 18.2 Å². The van der Waals surface area contributed by atoms with Gasteiger partial charge in [0, 0.05) is 23.7 Å². The number of thioether (sulfide) groups is 1. The van der Waals surface area contributed by atoms with Gasteiger partial charge in [0.2, 0.25) is 0 Å². The van der Waals surface area contributed by atoms with Gasteiger partial charge in [-0.3, -0.25) is 9.67 Å². The smallest absolute Gasteiger partial charge is 0.0689 e. The molecule has 0 aromatic carbocycles. The van der Waals surface area contributed by atoms with Crippen molar-refractivity contribution in [3.63, 3.8) is 0 Å². The molecule has 1 unspecified atom stereocenters. The number of aromatic nitrogens is 3. The van der Waals surface area contributed by atoms with Gasteiger partial charge in [-0.1, -0.05) is 0 Å². The van der Waals surface area contributed by atoms with E-state index in [0.717, 1.165) is 5.69 Å². The molecule has 1 saturated heterocycles. The van der Waals surface area contributed by atoms with Crippen molar-refractivity contribution in [3.05, 3.63) is 36.3 Å². The van der Waals surface area contributed by atoms with Crippen molar-refractivity contribution >= 4 is 11.8 Å². The van der Waals surface area contributed by atoms with Crippen molar-refractivity contribution in [2.75, 3.05) is 11.5 Å². The van der Waals surface area contributed by atoms with Crippen LogP contribution in [0.15, 0.2) is 30.6 Å².